The molecule has 1 aromatic heterocycles. The van der Waals surface area contributed by atoms with Crippen molar-refractivity contribution in [2.45, 2.75) is 6.42 Å². The van der Waals surface area contributed by atoms with Crippen LogP contribution in [-0.4, -0.2) is 47.4 Å². The highest BCUT2D eigenvalue weighted by molar-refractivity contribution is 5.91. The number of hydrogen-bond acceptors (Lipinski definition) is 4. The van der Waals surface area contributed by atoms with E-state index in [0.717, 1.165) is 43.3 Å². The van der Waals surface area contributed by atoms with Gasteiger partial charge in [0.15, 0.2) is 0 Å². The number of rotatable bonds is 3. The van der Waals surface area contributed by atoms with Gasteiger partial charge in [-0.3, -0.25) is 4.98 Å². The molecule has 0 unspecified atom stereocenters. The lowest BCUT2D eigenvalue weighted by Gasteiger charge is -2.36. The van der Waals surface area contributed by atoms with Crippen molar-refractivity contribution in [3.05, 3.63) is 102 Å². The lowest BCUT2D eigenvalue weighted by atomic mass is 9.92. The maximum absolute atomic E-state index is 5.04. The molecule has 0 aliphatic carbocycles. The van der Waals surface area contributed by atoms with Crippen molar-refractivity contribution in [2.24, 2.45) is 4.99 Å². The van der Waals surface area contributed by atoms with Gasteiger partial charge in [-0.05, 0) is 46.9 Å². The minimum atomic E-state index is 0.854. The minimum Gasteiger partial charge on any atom is -0.342 e. The molecule has 4 nitrogen and oxygen atoms in total. The van der Waals surface area contributed by atoms with Crippen LogP contribution in [-0.2, 0) is 0 Å². The molecule has 3 heterocycles. The van der Waals surface area contributed by atoms with Crippen molar-refractivity contribution in [3.63, 3.8) is 0 Å². The van der Waals surface area contributed by atoms with E-state index in [4.69, 9.17) is 4.99 Å². The second-order valence-electron chi connectivity index (χ2n) is 7.97. The highest BCUT2D eigenvalue weighted by Crippen LogP contribution is 2.32. The molecule has 0 amide bonds. The third-order valence-electron chi connectivity index (χ3n) is 5.89. The van der Waals surface area contributed by atoms with Gasteiger partial charge in [-0.2, -0.15) is 0 Å². The van der Waals surface area contributed by atoms with Crippen LogP contribution in [0.4, 0.5) is 0 Å². The molecule has 2 aromatic carbocycles. The predicted octanol–water partition coefficient (Wildman–Crippen LogP) is 5.18. The molecule has 0 bridgehead atoms. The summed E-state index contributed by atoms with van der Waals surface area (Å²) < 4.78 is 0. The number of guanidine groups is 1. The Kier molecular flexibility index (Phi) is 5.36. The Morgan fingerprint density at radius 1 is 0.774 bits per heavy atom. The maximum Gasteiger partial charge on any atom is 0.202 e. The normalized spacial score (nSPS) is 16.5. The smallest absolute Gasteiger partial charge is 0.202 e. The van der Waals surface area contributed by atoms with Crippen molar-refractivity contribution in [2.75, 3.05) is 26.7 Å². The molecule has 4 heteroatoms. The largest absolute Gasteiger partial charge is 0.342 e. The molecule has 2 aliphatic heterocycles. The Labute approximate surface area is 183 Å². The number of benzene rings is 2. The Morgan fingerprint density at radius 2 is 1.52 bits per heavy atom. The van der Waals surface area contributed by atoms with Crippen LogP contribution in [0.25, 0.3) is 22.4 Å². The molecule has 0 atom stereocenters. The van der Waals surface area contributed by atoms with Crippen LogP contribution in [0.5, 0.6) is 0 Å². The van der Waals surface area contributed by atoms with Gasteiger partial charge in [0, 0.05) is 44.6 Å². The summed E-state index contributed by atoms with van der Waals surface area (Å²) in [5.41, 5.74) is 7.35. The van der Waals surface area contributed by atoms with Crippen LogP contribution in [0.15, 0.2) is 96.3 Å². The number of aliphatic imine (C=N–C) groups is 1. The Bertz CT molecular complexity index is 1150. The van der Waals surface area contributed by atoms with Gasteiger partial charge in [0.05, 0.1) is 5.70 Å². The Balaban J connectivity index is 1.45. The number of likely N-dealkylation sites (N-methyl/N-ethyl adjacent to an activating group) is 1. The Hall–Kier alpha value is -3.66. The van der Waals surface area contributed by atoms with E-state index in [-0.39, 0.29) is 0 Å². The van der Waals surface area contributed by atoms with Gasteiger partial charge in [0.25, 0.3) is 0 Å². The van der Waals surface area contributed by atoms with E-state index >= 15 is 0 Å². The number of aromatic nitrogens is 1. The minimum absolute atomic E-state index is 0.854. The van der Waals surface area contributed by atoms with Gasteiger partial charge in [-0.25, -0.2) is 4.99 Å². The highest BCUT2D eigenvalue weighted by Gasteiger charge is 2.24. The van der Waals surface area contributed by atoms with Crippen molar-refractivity contribution >= 4 is 17.2 Å². The zero-order valence-corrected chi connectivity index (χ0v) is 17.8. The van der Waals surface area contributed by atoms with Crippen LogP contribution in [0.3, 0.4) is 0 Å². The lowest BCUT2D eigenvalue weighted by molar-refractivity contribution is 0.381. The number of pyridine rings is 1. The van der Waals surface area contributed by atoms with E-state index < -0.39 is 0 Å². The summed E-state index contributed by atoms with van der Waals surface area (Å²) in [4.78, 5) is 13.8. The first-order chi connectivity index (χ1) is 15.3. The average Bonchev–Trinajstić information content (AvgIpc) is 2.85. The first-order valence-electron chi connectivity index (χ1n) is 10.8. The second-order valence-corrected chi connectivity index (χ2v) is 7.97. The number of nitrogens with zero attached hydrogens (tertiary/aromatic N) is 4. The topological polar surface area (TPSA) is 31.7 Å². The SMILES string of the molecule is CN1CC=C(c2ccncc2)N=C1N1CCC=C(c2ccccc2-c2ccccc2)C1. The molecule has 0 fully saturated rings. The Morgan fingerprint density at radius 3 is 2.32 bits per heavy atom. The first-order valence-corrected chi connectivity index (χ1v) is 10.8. The van der Waals surface area contributed by atoms with E-state index in [9.17, 15) is 0 Å². The van der Waals surface area contributed by atoms with Crippen LogP contribution >= 0.6 is 0 Å². The summed E-state index contributed by atoms with van der Waals surface area (Å²) in [5, 5.41) is 0. The van der Waals surface area contributed by atoms with Crippen LogP contribution in [0.2, 0.25) is 0 Å². The summed E-state index contributed by atoms with van der Waals surface area (Å²) >= 11 is 0. The monoisotopic (exact) mass is 406 g/mol. The zero-order chi connectivity index (χ0) is 21.0. The second kappa shape index (κ2) is 8.60. The van der Waals surface area contributed by atoms with E-state index in [1.807, 2.05) is 24.5 Å². The summed E-state index contributed by atoms with van der Waals surface area (Å²) in [7, 11) is 2.12. The molecule has 0 saturated carbocycles. The molecule has 0 spiro atoms. The summed E-state index contributed by atoms with van der Waals surface area (Å²) in [6, 6.07) is 23.4. The van der Waals surface area contributed by atoms with E-state index in [1.165, 1.54) is 22.3 Å². The average molecular weight is 407 g/mol. The van der Waals surface area contributed by atoms with Crippen molar-refractivity contribution < 1.29 is 0 Å². The molecule has 31 heavy (non-hydrogen) atoms. The lowest BCUT2D eigenvalue weighted by Crippen LogP contribution is -2.46. The molecule has 0 saturated heterocycles. The quantitative estimate of drug-likeness (QED) is 0.601. The van der Waals surface area contributed by atoms with Crippen molar-refractivity contribution in [1.29, 1.82) is 0 Å². The predicted molar refractivity (Wildman–Crippen MR) is 128 cm³/mol. The zero-order valence-electron chi connectivity index (χ0n) is 17.8. The van der Waals surface area contributed by atoms with Crippen molar-refractivity contribution in [3.8, 4) is 11.1 Å². The summed E-state index contributed by atoms with van der Waals surface area (Å²) in [6.45, 7) is 2.69. The van der Waals surface area contributed by atoms with Gasteiger partial charge in [0.2, 0.25) is 5.96 Å². The molecule has 0 N–H and O–H groups in total. The van der Waals surface area contributed by atoms with Crippen LogP contribution < -0.4 is 0 Å². The van der Waals surface area contributed by atoms with Crippen LogP contribution in [0.1, 0.15) is 17.5 Å². The van der Waals surface area contributed by atoms with Gasteiger partial charge < -0.3 is 9.80 Å². The standard InChI is InChI=1S/C27H26N4/c1-30-19-15-26(22-13-16-28-17-14-22)29-27(30)31-18-7-10-23(20-31)25-12-6-5-11-24(25)21-8-3-2-4-9-21/h2-6,8-17H,7,18-20H2,1H3. The number of hydrogen-bond donors (Lipinski definition) is 0. The first kappa shape index (κ1) is 19.3. The van der Waals surface area contributed by atoms with E-state index in [0.29, 0.717) is 0 Å². The third kappa shape index (κ3) is 4.02. The summed E-state index contributed by atoms with van der Waals surface area (Å²) in [6.07, 6.45) is 9.24. The fourth-order valence-electron chi connectivity index (χ4n) is 4.30. The van der Waals surface area contributed by atoms with Gasteiger partial charge in [0.1, 0.15) is 0 Å². The molecule has 2 aliphatic rings. The van der Waals surface area contributed by atoms with Gasteiger partial charge >= 0.3 is 0 Å². The third-order valence-corrected chi connectivity index (χ3v) is 5.89. The van der Waals surface area contributed by atoms with Gasteiger partial charge in [-0.15, -0.1) is 0 Å². The van der Waals surface area contributed by atoms with Crippen LogP contribution in [0, 0.1) is 0 Å². The highest BCUT2D eigenvalue weighted by atomic mass is 15.4. The molecule has 154 valence electrons. The molecule has 5 rings (SSSR count). The molecule has 3 aromatic rings. The van der Waals surface area contributed by atoms with Gasteiger partial charge in [-0.1, -0.05) is 60.7 Å². The molecular weight excluding hydrogens is 380 g/mol. The fourth-order valence-corrected chi connectivity index (χ4v) is 4.30. The van der Waals surface area contributed by atoms with E-state index in [1.54, 1.807) is 0 Å². The molecular formula is C27H26N4. The fraction of sp³-hybridized carbons (Fsp3) is 0.185. The molecule has 0 radical (unpaired) electrons. The summed E-state index contributed by atoms with van der Waals surface area (Å²) in [5.74, 6) is 1.04. The maximum atomic E-state index is 5.04. The van der Waals surface area contributed by atoms with Crippen molar-refractivity contribution in [1.82, 2.24) is 14.8 Å². The van der Waals surface area contributed by atoms with E-state index in [2.05, 4.69) is 88.6 Å².